The zero-order valence-corrected chi connectivity index (χ0v) is 20.5. The summed E-state index contributed by atoms with van der Waals surface area (Å²) in [6, 6.07) is 18.9. The Labute approximate surface area is 212 Å². The van der Waals surface area contributed by atoms with Crippen LogP contribution < -0.4 is 14.8 Å². The highest BCUT2D eigenvalue weighted by molar-refractivity contribution is 5.95. The van der Waals surface area contributed by atoms with Crippen molar-refractivity contribution in [2.45, 2.75) is 26.0 Å². The van der Waals surface area contributed by atoms with Crippen molar-refractivity contribution in [1.29, 1.82) is 0 Å². The van der Waals surface area contributed by atoms with Crippen LogP contribution in [-0.2, 0) is 0 Å². The molecule has 0 saturated heterocycles. The standard InChI is InChI=1S/C28H25FN4O4/c1-17(32-28(34)25-16-31-37-18(25)2)27(19-5-4-6-23(13-19)35-3)36-24-11-12-26-20(14-24)15-30-33(26)22-9-7-21(29)8-10-22/h4-17,27H,1-3H3,(H,32,34). The van der Waals surface area contributed by atoms with E-state index in [1.165, 1.54) is 18.3 Å². The molecular weight excluding hydrogens is 475 g/mol. The van der Waals surface area contributed by atoms with Crippen LogP contribution >= 0.6 is 0 Å². The van der Waals surface area contributed by atoms with Gasteiger partial charge in [-0.15, -0.1) is 0 Å². The Hall–Kier alpha value is -4.66. The van der Waals surface area contributed by atoms with Crippen LogP contribution in [-0.4, -0.2) is 34.0 Å². The average molecular weight is 501 g/mol. The van der Waals surface area contributed by atoms with Crippen LogP contribution in [0.15, 0.2) is 83.6 Å². The molecule has 1 N–H and O–H groups in total. The number of aryl methyl sites for hydroxylation is 1. The maximum Gasteiger partial charge on any atom is 0.256 e. The monoisotopic (exact) mass is 500 g/mol. The molecule has 9 heteroatoms. The number of benzene rings is 3. The molecule has 0 spiro atoms. The van der Waals surface area contributed by atoms with E-state index in [1.54, 1.807) is 37.0 Å². The summed E-state index contributed by atoms with van der Waals surface area (Å²) < 4.78 is 32.0. The number of carbonyl (C=O) groups excluding carboxylic acids is 1. The van der Waals surface area contributed by atoms with Gasteiger partial charge in [0.15, 0.2) is 0 Å². The largest absolute Gasteiger partial charge is 0.497 e. The second-order valence-electron chi connectivity index (χ2n) is 8.63. The second kappa shape index (κ2) is 10.1. The number of halogens is 1. The smallest absolute Gasteiger partial charge is 0.256 e. The first kappa shape index (κ1) is 24.1. The maximum atomic E-state index is 13.4. The number of amides is 1. The molecule has 0 bridgehead atoms. The summed E-state index contributed by atoms with van der Waals surface area (Å²) in [6.45, 7) is 3.56. The number of hydrogen-bond acceptors (Lipinski definition) is 6. The Morgan fingerprint density at radius 1 is 1.05 bits per heavy atom. The average Bonchev–Trinajstić information content (AvgIpc) is 3.53. The van der Waals surface area contributed by atoms with Crippen LogP contribution in [0.4, 0.5) is 4.39 Å². The van der Waals surface area contributed by atoms with Gasteiger partial charge in [-0.2, -0.15) is 5.10 Å². The quantitative estimate of drug-likeness (QED) is 0.306. The highest BCUT2D eigenvalue weighted by Crippen LogP contribution is 2.30. The van der Waals surface area contributed by atoms with Crippen molar-refractivity contribution in [3.8, 4) is 17.2 Å². The Morgan fingerprint density at radius 3 is 2.59 bits per heavy atom. The number of ether oxygens (including phenoxy) is 2. The number of hydrogen-bond donors (Lipinski definition) is 1. The molecular formula is C28H25FN4O4. The third-order valence-electron chi connectivity index (χ3n) is 6.10. The van der Waals surface area contributed by atoms with Crippen molar-refractivity contribution >= 4 is 16.8 Å². The van der Waals surface area contributed by atoms with Gasteiger partial charge in [0.05, 0.1) is 36.7 Å². The van der Waals surface area contributed by atoms with E-state index in [0.717, 1.165) is 22.2 Å². The van der Waals surface area contributed by atoms with Crippen molar-refractivity contribution in [3.05, 3.63) is 102 Å². The molecule has 2 atom stereocenters. The third-order valence-corrected chi connectivity index (χ3v) is 6.10. The van der Waals surface area contributed by atoms with Crippen LogP contribution in [0.5, 0.6) is 11.5 Å². The van der Waals surface area contributed by atoms with Crippen molar-refractivity contribution in [3.63, 3.8) is 0 Å². The predicted octanol–water partition coefficient (Wildman–Crippen LogP) is 5.41. The van der Waals surface area contributed by atoms with Gasteiger partial charge >= 0.3 is 0 Å². The van der Waals surface area contributed by atoms with Crippen molar-refractivity contribution in [2.24, 2.45) is 0 Å². The van der Waals surface area contributed by atoms with Gasteiger partial charge in [-0.05, 0) is 74.0 Å². The van der Waals surface area contributed by atoms with Crippen LogP contribution in [0, 0.1) is 12.7 Å². The molecule has 8 nitrogen and oxygen atoms in total. The van der Waals surface area contributed by atoms with Crippen molar-refractivity contribution in [2.75, 3.05) is 7.11 Å². The Balaban J connectivity index is 1.45. The second-order valence-corrected chi connectivity index (χ2v) is 8.63. The van der Waals surface area contributed by atoms with Gasteiger partial charge in [-0.25, -0.2) is 9.07 Å². The Bertz CT molecular complexity index is 1540. The van der Waals surface area contributed by atoms with E-state index in [9.17, 15) is 9.18 Å². The van der Waals surface area contributed by atoms with Gasteiger partial charge < -0.3 is 19.3 Å². The van der Waals surface area contributed by atoms with Gasteiger partial charge in [0.1, 0.15) is 34.7 Å². The normalized spacial score (nSPS) is 12.8. The van der Waals surface area contributed by atoms with Gasteiger partial charge in [-0.1, -0.05) is 17.3 Å². The van der Waals surface area contributed by atoms with Gasteiger partial charge in [0.2, 0.25) is 0 Å². The van der Waals surface area contributed by atoms with E-state index in [-0.39, 0.29) is 11.7 Å². The van der Waals surface area contributed by atoms with Gasteiger partial charge in [0.25, 0.3) is 5.91 Å². The molecule has 37 heavy (non-hydrogen) atoms. The lowest BCUT2D eigenvalue weighted by molar-refractivity contribution is 0.0880. The highest BCUT2D eigenvalue weighted by Gasteiger charge is 2.26. The fourth-order valence-corrected chi connectivity index (χ4v) is 4.17. The third kappa shape index (κ3) is 5.02. The molecule has 0 fully saturated rings. The number of aromatic nitrogens is 3. The molecule has 0 aliphatic heterocycles. The molecule has 5 aromatic rings. The minimum absolute atomic E-state index is 0.306. The molecule has 0 aliphatic carbocycles. The van der Waals surface area contributed by atoms with Crippen LogP contribution in [0.2, 0.25) is 0 Å². The Kier molecular flexibility index (Phi) is 6.59. The summed E-state index contributed by atoms with van der Waals surface area (Å²) >= 11 is 0. The molecule has 0 saturated carbocycles. The minimum atomic E-state index is -0.538. The molecule has 5 rings (SSSR count). The van der Waals surface area contributed by atoms with E-state index in [4.69, 9.17) is 14.0 Å². The predicted molar refractivity (Wildman–Crippen MR) is 136 cm³/mol. The number of rotatable bonds is 8. The van der Waals surface area contributed by atoms with Crippen molar-refractivity contribution in [1.82, 2.24) is 20.3 Å². The van der Waals surface area contributed by atoms with Gasteiger partial charge in [-0.3, -0.25) is 4.79 Å². The summed E-state index contributed by atoms with van der Waals surface area (Å²) in [5.74, 6) is 1.10. The first-order valence-electron chi connectivity index (χ1n) is 11.7. The van der Waals surface area contributed by atoms with E-state index in [1.807, 2.05) is 49.4 Å². The lowest BCUT2D eigenvalue weighted by Gasteiger charge is -2.27. The van der Waals surface area contributed by atoms with Crippen molar-refractivity contribution < 1.29 is 23.2 Å². The summed E-state index contributed by atoms with van der Waals surface area (Å²) in [5.41, 5.74) is 2.79. The molecule has 188 valence electrons. The van der Waals surface area contributed by atoms with E-state index in [2.05, 4.69) is 15.6 Å². The fourth-order valence-electron chi connectivity index (χ4n) is 4.17. The lowest BCUT2D eigenvalue weighted by atomic mass is 10.0. The number of nitrogens with zero attached hydrogens (tertiary/aromatic N) is 3. The SMILES string of the molecule is COc1cccc(C(Oc2ccc3c(cnn3-c3ccc(F)cc3)c2)C(C)NC(=O)c2cnoc2C)c1. The van der Waals surface area contributed by atoms with E-state index >= 15 is 0 Å². The van der Waals surface area contributed by atoms with Crippen LogP contribution in [0.3, 0.4) is 0 Å². The van der Waals surface area contributed by atoms with E-state index in [0.29, 0.717) is 22.8 Å². The highest BCUT2D eigenvalue weighted by atomic mass is 19.1. The fraction of sp³-hybridized carbons (Fsp3) is 0.179. The molecule has 0 aliphatic rings. The van der Waals surface area contributed by atoms with Crippen LogP contribution in [0.1, 0.15) is 34.7 Å². The molecule has 2 aromatic heterocycles. The van der Waals surface area contributed by atoms with Crippen LogP contribution in [0.25, 0.3) is 16.6 Å². The topological polar surface area (TPSA) is 91.4 Å². The molecule has 2 unspecified atom stereocenters. The van der Waals surface area contributed by atoms with Gasteiger partial charge in [0, 0.05) is 5.39 Å². The number of carbonyl (C=O) groups is 1. The number of methoxy groups -OCH3 is 1. The summed E-state index contributed by atoms with van der Waals surface area (Å²) in [5, 5.41) is 12.0. The zero-order valence-electron chi connectivity index (χ0n) is 20.5. The number of fused-ring (bicyclic) bond motifs is 1. The molecule has 1 amide bonds. The lowest BCUT2D eigenvalue weighted by Crippen LogP contribution is -2.39. The molecule has 2 heterocycles. The minimum Gasteiger partial charge on any atom is -0.497 e. The number of nitrogens with one attached hydrogen (secondary N) is 1. The first-order chi connectivity index (χ1) is 17.9. The Morgan fingerprint density at radius 2 is 1.86 bits per heavy atom. The molecule has 3 aromatic carbocycles. The molecule has 0 radical (unpaired) electrons. The maximum absolute atomic E-state index is 13.4. The summed E-state index contributed by atoms with van der Waals surface area (Å²) in [6.07, 6.45) is 2.58. The van der Waals surface area contributed by atoms with E-state index < -0.39 is 12.1 Å². The first-order valence-corrected chi connectivity index (χ1v) is 11.7. The summed E-state index contributed by atoms with van der Waals surface area (Å²) in [4.78, 5) is 12.9. The summed E-state index contributed by atoms with van der Waals surface area (Å²) in [7, 11) is 1.60. The zero-order chi connectivity index (χ0) is 25.9.